The number of likely N-dealkylation sites (tertiary alicyclic amines) is 1. The Bertz CT molecular complexity index is 476. The molecule has 2 nitrogen and oxygen atoms in total. The second kappa shape index (κ2) is 6.19. The van der Waals surface area contributed by atoms with Crippen molar-refractivity contribution < 1.29 is 8.78 Å². The lowest BCUT2D eigenvalue weighted by Crippen LogP contribution is -2.43. The van der Waals surface area contributed by atoms with E-state index < -0.39 is 0 Å². The van der Waals surface area contributed by atoms with Gasteiger partial charge in [-0.05, 0) is 62.9 Å². The van der Waals surface area contributed by atoms with Crippen LogP contribution in [0, 0.1) is 30.4 Å². The van der Waals surface area contributed by atoms with Crippen molar-refractivity contribution in [3.63, 3.8) is 0 Å². The molecule has 112 valence electrons. The fraction of sp³-hybridized carbons (Fsp3) is 0.625. The minimum Gasteiger partial charge on any atom is -0.330 e. The van der Waals surface area contributed by atoms with Gasteiger partial charge in [0.1, 0.15) is 11.6 Å². The largest absolute Gasteiger partial charge is 0.330 e. The Morgan fingerprint density at radius 3 is 2.70 bits per heavy atom. The molecule has 1 aliphatic rings. The fourth-order valence-corrected chi connectivity index (χ4v) is 3.01. The molecule has 0 aromatic heterocycles. The Morgan fingerprint density at radius 2 is 2.05 bits per heavy atom. The molecule has 1 heterocycles. The van der Waals surface area contributed by atoms with Gasteiger partial charge in [0.25, 0.3) is 0 Å². The highest BCUT2D eigenvalue weighted by Crippen LogP contribution is 2.31. The van der Waals surface area contributed by atoms with Crippen LogP contribution in [0.2, 0.25) is 0 Å². The molecule has 2 rings (SSSR count). The molecule has 0 bridgehead atoms. The maximum atomic E-state index is 14.1. The number of hydrogen-bond donors (Lipinski definition) is 1. The Morgan fingerprint density at radius 1 is 1.35 bits per heavy atom. The number of nitrogens with zero attached hydrogens (tertiary/aromatic N) is 1. The first kappa shape index (κ1) is 15.4. The maximum absolute atomic E-state index is 14.1. The zero-order valence-corrected chi connectivity index (χ0v) is 12.5. The Labute approximate surface area is 120 Å². The standard InChI is InChI=1S/C16H24F2N2/c1-10-4-5-20(9-13(10)8-19)12(3)14-7-15(17)11(2)6-16(14)18/h6-7,10,12-13H,4-5,8-9,19H2,1-3H3. The molecular formula is C16H24F2N2. The van der Waals surface area contributed by atoms with Gasteiger partial charge in [-0.15, -0.1) is 0 Å². The molecule has 0 spiro atoms. The summed E-state index contributed by atoms with van der Waals surface area (Å²) in [5, 5.41) is 0. The first-order valence-electron chi connectivity index (χ1n) is 7.33. The van der Waals surface area contributed by atoms with Crippen LogP contribution in [0.15, 0.2) is 12.1 Å². The van der Waals surface area contributed by atoms with Crippen LogP contribution in [-0.2, 0) is 0 Å². The summed E-state index contributed by atoms with van der Waals surface area (Å²) >= 11 is 0. The van der Waals surface area contributed by atoms with Gasteiger partial charge in [0.15, 0.2) is 0 Å². The average Bonchev–Trinajstić information content (AvgIpc) is 2.42. The van der Waals surface area contributed by atoms with E-state index in [1.807, 2.05) is 6.92 Å². The van der Waals surface area contributed by atoms with Gasteiger partial charge in [-0.25, -0.2) is 8.78 Å². The lowest BCUT2D eigenvalue weighted by Gasteiger charge is -2.40. The van der Waals surface area contributed by atoms with E-state index >= 15 is 0 Å². The van der Waals surface area contributed by atoms with Crippen molar-refractivity contribution in [1.82, 2.24) is 4.90 Å². The maximum Gasteiger partial charge on any atom is 0.128 e. The molecular weight excluding hydrogens is 258 g/mol. The Kier molecular flexibility index (Phi) is 4.76. The van der Waals surface area contributed by atoms with Crippen LogP contribution in [-0.4, -0.2) is 24.5 Å². The summed E-state index contributed by atoms with van der Waals surface area (Å²) in [6.45, 7) is 8.15. The van der Waals surface area contributed by atoms with Gasteiger partial charge in [-0.2, -0.15) is 0 Å². The van der Waals surface area contributed by atoms with E-state index in [1.54, 1.807) is 6.92 Å². The molecule has 0 saturated carbocycles. The quantitative estimate of drug-likeness (QED) is 0.922. The van der Waals surface area contributed by atoms with Gasteiger partial charge >= 0.3 is 0 Å². The molecule has 0 aliphatic carbocycles. The topological polar surface area (TPSA) is 29.3 Å². The zero-order valence-electron chi connectivity index (χ0n) is 12.5. The van der Waals surface area contributed by atoms with Crippen LogP contribution in [0.4, 0.5) is 8.78 Å². The molecule has 1 fully saturated rings. The molecule has 4 heteroatoms. The molecule has 3 unspecified atom stereocenters. The number of nitrogens with two attached hydrogens (primary N) is 1. The normalized spacial score (nSPS) is 25.7. The number of hydrogen-bond acceptors (Lipinski definition) is 2. The molecule has 3 atom stereocenters. The number of benzene rings is 1. The predicted molar refractivity (Wildman–Crippen MR) is 77.4 cm³/mol. The van der Waals surface area contributed by atoms with Crippen LogP contribution >= 0.6 is 0 Å². The van der Waals surface area contributed by atoms with Gasteiger partial charge in [0, 0.05) is 18.2 Å². The molecule has 1 aromatic rings. The smallest absolute Gasteiger partial charge is 0.128 e. The highest BCUT2D eigenvalue weighted by molar-refractivity contribution is 5.27. The summed E-state index contributed by atoms with van der Waals surface area (Å²) in [6, 6.07) is 2.51. The van der Waals surface area contributed by atoms with Gasteiger partial charge in [0.05, 0.1) is 0 Å². The second-order valence-electron chi connectivity index (χ2n) is 6.06. The number of aryl methyl sites for hydroxylation is 1. The van der Waals surface area contributed by atoms with E-state index in [2.05, 4.69) is 11.8 Å². The third-order valence-corrected chi connectivity index (χ3v) is 4.72. The van der Waals surface area contributed by atoms with Crippen LogP contribution in [0.1, 0.15) is 37.4 Å². The number of halogens is 2. The van der Waals surface area contributed by atoms with E-state index in [4.69, 9.17) is 5.73 Å². The molecule has 1 aliphatic heterocycles. The van der Waals surface area contributed by atoms with Gasteiger partial charge < -0.3 is 5.73 Å². The van der Waals surface area contributed by atoms with Crippen molar-refractivity contribution in [3.05, 3.63) is 34.9 Å². The highest BCUT2D eigenvalue weighted by Gasteiger charge is 2.29. The van der Waals surface area contributed by atoms with Crippen LogP contribution in [0.3, 0.4) is 0 Å². The summed E-state index contributed by atoms with van der Waals surface area (Å²) < 4.78 is 27.8. The third-order valence-electron chi connectivity index (χ3n) is 4.72. The molecule has 2 N–H and O–H groups in total. The van der Waals surface area contributed by atoms with Gasteiger partial charge in [-0.3, -0.25) is 4.90 Å². The molecule has 1 saturated heterocycles. The summed E-state index contributed by atoms with van der Waals surface area (Å²) in [4.78, 5) is 2.21. The lowest BCUT2D eigenvalue weighted by atomic mass is 9.86. The first-order chi connectivity index (χ1) is 9.43. The average molecular weight is 282 g/mol. The summed E-state index contributed by atoms with van der Waals surface area (Å²) in [6.07, 6.45) is 1.06. The zero-order chi connectivity index (χ0) is 14.9. The number of piperidine rings is 1. The summed E-state index contributed by atoms with van der Waals surface area (Å²) in [7, 11) is 0. The molecule has 0 amide bonds. The van der Waals surface area contributed by atoms with Crippen molar-refractivity contribution in [2.75, 3.05) is 19.6 Å². The van der Waals surface area contributed by atoms with E-state index in [0.717, 1.165) is 19.5 Å². The van der Waals surface area contributed by atoms with Crippen molar-refractivity contribution in [3.8, 4) is 0 Å². The molecule has 20 heavy (non-hydrogen) atoms. The van der Waals surface area contributed by atoms with Crippen molar-refractivity contribution >= 4 is 0 Å². The second-order valence-corrected chi connectivity index (χ2v) is 6.06. The van der Waals surface area contributed by atoms with Gasteiger partial charge in [0.2, 0.25) is 0 Å². The fourth-order valence-electron chi connectivity index (χ4n) is 3.01. The lowest BCUT2D eigenvalue weighted by molar-refractivity contribution is 0.0962. The summed E-state index contributed by atoms with van der Waals surface area (Å²) in [5.41, 5.74) is 6.60. The van der Waals surface area contributed by atoms with E-state index in [-0.39, 0.29) is 17.7 Å². The molecule has 1 aromatic carbocycles. The summed E-state index contributed by atoms with van der Waals surface area (Å²) in [5.74, 6) is 0.376. The van der Waals surface area contributed by atoms with Crippen LogP contribution in [0.25, 0.3) is 0 Å². The third kappa shape index (κ3) is 3.01. The Hall–Kier alpha value is -1.00. The van der Waals surface area contributed by atoms with Crippen LogP contribution in [0.5, 0.6) is 0 Å². The Balaban J connectivity index is 2.19. The van der Waals surface area contributed by atoms with E-state index in [0.29, 0.717) is 29.5 Å². The van der Waals surface area contributed by atoms with Crippen molar-refractivity contribution in [2.45, 2.75) is 33.2 Å². The minimum absolute atomic E-state index is 0.119. The van der Waals surface area contributed by atoms with Gasteiger partial charge in [-0.1, -0.05) is 6.92 Å². The monoisotopic (exact) mass is 282 g/mol. The predicted octanol–water partition coefficient (Wildman–Crippen LogP) is 3.25. The van der Waals surface area contributed by atoms with Crippen molar-refractivity contribution in [1.29, 1.82) is 0 Å². The van der Waals surface area contributed by atoms with E-state index in [9.17, 15) is 8.78 Å². The first-order valence-corrected chi connectivity index (χ1v) is 7.33. The van der Waals surface area contributed by atoms with E-state index in [1.165, 1.54) is 12.1 Å². The minimum atomic E-state index is -0.339. The SMILES string of the molecule is Cc1cc(F)c(C(C)N2CCC(C)C(CN)C2)cc1F. The highest BCUT2D eigenvalue weighted by atomic mass is 19.1. The van der Waals surface area contributed by atoms with Crippen molar-refractivity contribution in [2.24, 2.45) is 17.6 Å². The molecule has 0 radical (unpaired) electrons. The number of rotatable bonds is 3. The van der Waals surface area contributed by atoms with Crippen LogP contribution < -0.4 is 5.73 Å².